The summed E-state index contributed by atoms with van der Waals surface area (Å²) < 4.78 is 42.2. The highest BCUT2D eigenvalue weighted by Gasteiger charge is 2.32. The molecule has 4 nitrogen and oxygen atoms in total. The van der Waals surface area contributed by atoms with Crippen molar-refractivity contribution < 1.29 is 22.7 Å². The lowest BCUT2D eigenvalue weighted by Crippen LogP contribution is -2.41. The quantitative estimate of drug-likeness (QED) is 0.844. The third-order valence-corrected chi connectivity index (χ3v) is 4.49. The number of hydrogen-bond donors (Lipinski definition) is 1. The van der Waals surface area contributed by atoms with E-state index in [2.05, 4.69) is 5.32 Å². The molecule has 2 heterocycles. The van der Waals surface area contributed by atoms with Crippen molar-refractivity contribution in [3.8, 4) is 0 Å². The Morgan fingerprint density at radius 2 is 1.95 bits per heavy atom. The lowest BCUT2D eigenvalue weighted by molar-refractivity contribution is -0.148. The van der Waals surface area contributed by atoms with Gasteiger partial charge >= 0.3 is 6.18 Å². The van der Waals surface area contributed by atoms with E-state index in [9.17, 15) is 18.0 Å². The Morgan fingerprint density at radius 1 is 1.23 bits per heavy atom. The molecule has 1 amide bonds. The molecular formula is C15H25F3N2O2. The van der Waals surface area contributed by atoms with Crippen molar-refractivity contribution in [2.24, 2.45) is 11.8 Å². The average Bonchev–Trinajstić information content (AvgIpc) is 2.48. The van der Waals surface area contributed by atoms with Crippen LogP contribution in [0.2, 0.25) is 0 Å². The molecule has 2 aliphatic heterocycles. The molecule has 2 fully saturated rings. The summed E-state index contributed by atoms with van der Waals surface area (Å²) in [4.78, 5) is 13.4. The molecule has 0 aromatic carbocycles. The van der Waals surface area contributed by atoms with Gasteiger partial charge in [-0.25, -0.2) is 0 Å². The summed E-state index contributed by atoms with van der Waals surface area (Å²) in [6, 6.07) is 0. The molecule has 1 N–H and O–H groups in total. The molecular weight excluding hydrogens is 297 g/mol. The molecule has 2 saturated heterocycles. The third kappa shape index (κ3) is 6.12. The Balaban J connectivity index is 1.58. The van der Waals surface area contributed by atoms with Gasteiger partial charge in [-0.1, -0.05) is 0 Å². The Bertz CT molecular complexity index is 349. The maximum absolute atomic E-state index is 12.3. The summed E-state index contributed by atoms with van der Waals surface area (Å²) in [7, 11) is 0. The monoisotopic (exact) mass is 322 g/mol. The molecule has 0 aromatic rings. The van der Waals surface area contributed by atoms with E-state index in [1.165, 1.54) is 4.90 Å². The van der Waals surface area contributed by atoms with Crippen LogP contribution in [0.1, 0.15) is 32.1 Å². The molecule has 22 heavy (non-hydrogen) atoms. The van der Waals surface area contributed by atoms with Crippen molar-refractivity contribution >= 4 is 5.91 Å². The molecule has 0 radical (unpaired) electrons. The number of ether oxygens (including phenoxy) is 1. The van der Waals surface area contributed by atoms with E-state index in [0.29, 0.717) is 32.2 Å². The zero-order chi connectivity index (χ0) is 16.0. The summed E-state index contributed by atoms with van der Waals surface area (Å²) in [6.07, 6.45) is 0.0937. The van der Waals surface area contributed by atoms with Gasteiger partial charge in [-0.3, -0.25) is 9.69 Å². The summed E-state index contributed by atoms with van der Waals surface area (Å²) in [6.45, 7) is 2.03. The summed E-state index contributed by atoms with van der Waals surface area (Å²) in [5.41, 5.74) is 0. The fourth-order valence-corrected chi connectivity index (χ4v) is 3.18. The van der Waals surface area contributed by atoms with Crippen LogP contribution >= 0.6 is 0 Å². The first kappa shape index (κ1) is 17.5. The van der Waals surface area contributed by atoms with Crippen LogP contribution in [-0.2, 0) is 9.53 Å². The van der Waals surface area contributed by atoms with E-state index >= 15 is 0 Å². The van der Waals surface area contributed by atoms with Gasteiger partial charge in [0.05, 0.1) is 19.1 Å². The van der Waals surface area contributed by atoms with E-state index in [1.807, 2.05) is 0 Å². The van der Waals surface area contributed by atoms with Gasteiger partial charge in [0, 0.05) is 13.2 Å². The van der Waals surface area contributed by atoms with Crippen LogP contribution in [-0.4, -0.2) is 56.4 Å². The van der Waals surface area contributed by atoms with Gasteiger partial charge in [0.15, 0.2) is 0 Å². The molecule has 0 spiro atoms. The number of alkyl halides is 3. The number of likely N-dealkylation sites (tertiary alicyclic amines) is 1. The van der Waals surface area contributed by atoms with Gasteiger partial charge in [-0.15, -0.1) is 0 Å². The molecule has 1 atom stereocenters. The first-order valence-electron chi connectivity index (χ1n) is 8.08. The maximum atomic E-state index is 12.3. The highest BCUT2D eigenvalue weighted by molar-refractivity contribution is 5.78. The molecule has 128 valence electrons. The summed E-state index contributed by atoms with van der Waals surface area (Å²) in [5, 5.41) is 2.94. The number of hydrogen-bond acceptors (Lipinski definition) is 3. The number of nitrogens with zero attached hydrogens (tertiary/aromatic N) is 1. The minimum absolute atomic E-state index is 0.0395. The minimum Gasteiger partial charge on any atom is -0.381 e. The Kier molecular flexibility index (Phi) is 6.50. The predicted molar refractivity (Wildman–Crippen MR) is 76.4 cm³/mol. The zero-order valence-corrected chi connectivity index (χ0v) is 12.8. The standard InChI is InChI=1S/C15H25F3N2O2/c16-15(17,18)11-20-7-4-12(5-8-20)3-6-19-14(21)13-2-1-9-22-10-13/h12-13H,1-11H2,(H,19,21)/t13-/m0/s1. The highest BCUT2D eigenvalue weighted by Crippen LogP contribution is 2.24. The first-order chi connectivity index (χ1) is 10.4. The van der Waals surface area contributed by atoms with Gasteiger partial charge in [0.1, 0.15) is 0 Å². The predicted octanol–water partition coefficient (Wildman–Crippen LogP) is 2.19. The SMILES string of the molecule is O=C(NCCC1CCN(CC(F)(F)F)CC1)[C@H]1CCCOC1. The Hall–Kier alpha value is -0.820. The number of rotatable bonds is 5. The molecule has 0 aliphatic carbocycles. The van der Waals surface area contributed by atoms with Crippen molar-refractivity contribution in [3.05, 3.63) is 0 Å². The normalized spacial score (nSPS) is 25.1. The number of halogens is 3. The van der Waals surface area contributed by atoms with Crippen LogP contribution in [0.15, 0.2) is 0 Å². The lowest BCUT2D eigenvalue weighted by Gasteiger charge is -2.32. The van der Waals surface area contributed by atoms with Crippen molar-refractivity contribution in [2.45, 2.75) is 38.3 Å². The zero-order valence-electron chi connectivity index (χ0n) is 12.8. The largest absolute Gasteiger partial charge is 0.401 e. The second-order valence-electron chi connectivity index (χ2n) is 6.33. The number of piperidine rings is 1. The van der Waals surface area contributed by atoms with Gasteiger partial charge in [-0.05, 0) is 51.1 Å². The minimum atomic E-state index is -4.11. The van der Waals surface area contributed by atoms with Crippen LogP contribution < -0.4 is 5.32 Å². The number of nitrogens with one attached hydrogen (secondary N) is 1. The second-order valence-corrected chi connectivity index (χ2v) is 6.33. The maximum Gasteiger partial charge on any atom is 0.401 e. The fraction of sp³-hybridized carbons (Fsp3) is 0.933. The molecule has 0 bridgehead atoms. The molecule has 0 aromatic heterocycles. The Morgan fingerprint density at radius 3 is 2.55 bits per heavy atom. The van der Waals surface area contributed by atoms with E-state index < -0.39 is 12.7 Å². The molecule has 0 unspecified atom stereocenters. The van der Waals surface area contributed by atoms with Gasteiger partial charge < -0.3 is 10.1 Å². The molecule has 7 heteroatoms. The number of carbonyl (C=O) groups excluding carboxylic acids is 1. The van der Waals surface area contributed by atoms with E-state index in [0.717, 1.165) is 38.7 Å². The van der Waals surface area contributed by atoms with Gasteiger partial charge in [0.25, 0.3) is 0 Å². The molecule has 2 rings (SSSR count). The van der Waals surface area contributed by atoms with Crippen LogP contribution in [0.4, 0.5) is 13.2 Å². The van der Waals surface area contributed by atoms with E-state index in [-0.39, 0.29) is 11.8 Å². The Labute approximate surface area is 129 Å². The van der Waals surface area contributed by atoms with Crippen molar-refractivity contribution in [1.82, 2.24) is 10.2 Å². The van der Waals surface area contributed by atoms with Crippen LogP contribution in [0.3, 0.4) is 0 Å². The van der Waals surface area contributed by atoms with E-state index in [1.54, 1.807) is 0 Å². The first-order valence-corrected chi connectivity index (χ1v) is 8.08. The van der Waals surface area contributed by atoms with Gasteiger partial charge in [0.2, 0.25) is 5.91 Å². The summed E-state index contributed by atoms with van der Waals surface area (Å²) >= 11 is 0. The van der Waals surface area contributed by atoms with Crippen molar-refractivity contribution in [1.29, 1.82) is 0 Å². The molecule has 0 saturated carbocycles. The van der Waals surface area contributed by atoms with E-state index in [4.69, 9.17) is 4.74 Å². The van der Waals surface area contributed by atoms with Crippen molar-refractivity contribution in [2.75, 3.05) is 39.4 Å². The fourth-order valence-electron chi connectivity index (χ4n) is 3.18. The topological polar surface area (TPSA) is 41.6 Å². The summed E-state index contributed by atoms with van der Waals surface area (Å²) in [5.74, 6) is 0.420. The van der Waals surface area contributed by atoms with Crippen molar-refractivity contribution in [3.63, 3.8) is 0 Å². The number of carbonyl (C=O) groups is 1. The third-order valence-electron chi connectivity index (χ3n) is 4.49. The van der Waals surface area contributed by atoms with Crippen LogP contribution in [0.25, 0.3) is 0 Å². The molecule has 2 aliphatic rings. The number of amides is 1. The van der Waals surface area contributed by atoms with Crippen LogP contribution in [0.5, 0.6) is 0 Å². The second kappa shape index (κ2) is 8.15. The van der Waals surface area contributed by atoms with Gasteiger partial charge in [-0.2, -0.15) is 13.2 Å². The highest BCUT2D eigenvalue weighted by atomic mass is 19.4. The lowest BCUT2D eigenvalue weighted by atomic mass is 9.93. The smallest absolute Gasteiger partial charge is 0.381 e. The van der Waals surface area contributed by atoms with Crippen LogP contribution in [0, 0.1) is 11.8 Å². The average molecular weight is 322 g/mol.